The Hall–Kier alpha value is -3.39. The molecule has 0 radical (unpaired) electrons. The molecule has 1 saturated heterocycles. The van der Waals surface area contributed by atoms with Crippen LogP contribution < -0.4 is 10.1 Å². The van der Waals surface area contributed by atoms with E-state index in [0.29, 0.717) is 57.6 Å². The van der Waals surface area contributed by atoms with Gasteiger partial charge in [0.05, 0.1) is 23.2 Å². The maximum atomic E-state index is 13.2. The number of carbonyl (C=O) groups is 1. The molecule has 1 aliphatic heterocycles. The van der Waals surface area contributed by atoms with E-state index >= 15 is 0 Å². The standard InChI is InChI=1S/C27H24Cl2N4O3/c28-19-12-13-21(22(29)15-19)26-31-25(36-32-26)17-33-14-6-7-18(16-33)27(34)30-23-10-4-5-11-24(23)35-20-8-2-1-3-9-20/h1-5,8-13,15,18H,6-7,14,16-17H2,(H,30,34). The summed E-state index contributed by atoms with van der Waals surface area (Å²) in [5.41, 5.74) is 1.30. The van der Waals surface area contributed by atoms with Crippen LogP contribution >= 0.6 is 23.2 Å². The van der Waals surface area contributed by atoms with E-state index in [1.54, 1.807) is 18.2 Å². The van der Waals surface area contributed by atoms with Gasteiger partial charge in [0.25, 0.3) is 0 Å². The number of halogens is 2. The molecule has 1 atom stereocenters. The molecule has 0 aliphatic carbocycles. The van der Waals surface area contributed by atoms with Crippen LogP contribution in [0.2, 0.25) is 10.0 Å². The Kier molecular flexibility index (Phi) is 7.51. The molecule has 1 N–H and O–H groups in total. The molecular weight excluding hydrogens is 499 g/mol. The van der Waals surface area contributed by atoms with Gasteiger partial charge < -0.3 is 14.6 Å². The summed E-state index contributed by atoms with van der Waals surface area (Å²) in [7, 11) is 0. The molecule has 5 rings (SSSR count). The van der Waals surface area contributed by atoms with Gasteiger partial charge in [-0.25, -0.2) is 0 Å². The lowest BCUT2D eigenvalue weighted by molar-refractivity contribution is -0.121. The number of nitrogens with one attached hydrogen (secondary N) is 1. The predicted octanol–water partition coefficient (Wildman–Crippen LogP) is 6.69. The van der Waals surface area contributed by atoms with E-state index in [9.17, 15) is 4.79 Å². The molecule has 1 amide bonds. The largest absolute Gasteiger partial charge is 0.455 e. The summed E-state index contributed by atoms with van der Waals surface area (Å²) < 4.78 is 11.4. The van der Waals surface area contributed by atoms with Gasteiger partial charge in [0, 0.05) is 17.1 Å². The van der Waals surface area contributed by atoms with Crippen molar-refractivity contribution >= 4 is 34.8 Å². The maximum Gasteiger partial charge on any atom is 0.241 e. The van der Waals surface area contributed by atoms with Gasteiger partial charge in [-0.2, -0.15) is 4.98 Å². The highest BCUT2D eigenvalue weighted by Gasteiger charge is 2.27. The quantitative estimate of drug-likeness (QED) is 0.291. The molecule has 184 valence electrons. The number of likely N-dealkylation sites (tertiary alicyclic amines) is 1. The zero-order valence-corrected chi connectivity index (χ0v) is 20.9. The SMILES string of the molecule is O=C(Nc1ccccc1Oc1ccccc1)C1CCCN(Cc2nc(-c3ccc(Cl)cc3Cl)no2)C1. The van der Waals surface area contributed by atoms with Crippen molar-refractivity contribution in [2.75, 3.05) is 18.4 Å². The molecule has 1 unspecified atom stereocenters. The number of hydrogen-bond acceptors (Lipinski definition) is 6. The third kappa shape index (κ3) is 5.87. The molecule has 0 bridgehead atoms. The number of ether oxygens (including phenoxy) is 1. The Morgan fingerprint density at radius 2 is 1.89 bits per heavy atom. The van der Waals surface area contributed by atoms with E-state index in [1.165, 1.54) is 0 Å². The van der Waals surface area contributed by atoms with Gasteiger partial charge in [-0.3, -0.25) is 9.69 Å². The highest BCUT2D eigenvalue weighted by molar-refractivity contribution is 6.36. The Morgan fingerprint density at radius 3 is 2.72 bits per heavy atom. The fourth-order valence-electron chi connectivity index (χ4n) is 4.21. The van der Waals surface area contributed by atoms with Crippen molar-refractivity contribution in [1.82, 2.24) is 15.0 Å². The Bertz CT molecular complexity index is 1350. The monoisotopic (exact) mass is 522 g/mol. The van der Waals surface area contributed by atoms with Gasteiger partial charge in [-0.05, 0) is 61.9 Å². The first kappa shape index (κ1) is 24.3. The first-order valence-electron chi connectivity index (χ1n) is 11.7. The van der Waals surface area contributed by atoms with E-state index in [1.807, 2.05) is 54.6 Å². The molecule has 2 heterocycles. The Morgan fingerprint density at radius 1 is 1.08 bits per heavy atom. The number of rotatable bonds is 7. The number of para-hydroxylation sites is 3. The number of hydrogen-bond donors (Lipinski definition) is 1. The smallest absolute Gasteiger partial charge is 0.241 e. The fraction of sp³-hybridized carbons (Fsp3) is 0.222. The van der Waals surface area contributed by atoms with E-state index in [0.717, 1.165) is 19.4 Å². The molecule has 1 fully saturated rings. The van der Waals surface area contributed by atoms with Gasteiger partial charge in [0.1, 0.15) is 5.75 Å². The summed E-state index contributed by atoms with van der Waals surface area (Å²) in [6.45, 7) is 1.89. The first-order valence-corrected chi connectivity index (χ1v) is 12.4. The van der Waals surface area contributed by atoms with Crippen LogP contribution in [0.25, 0.3) is 11.4 Å². The van der Waals surface area contributed by atoms with Gasteiger partial charge in [0.2, 0.25) is 17.6 Å². The van der Waals surface area contributed by atoms with E-state index in [2.05, 4.69) is 20.4 Å². The lowest BCUT2D eigenvalue weighted by atomic mass is 9.97. The van der Waals surface area contributed by atoms with Gasteiger partial charge in [-0.1, -0.05) is 58.7 Å². The second-order valence-electron chi connectivity index (χ2n) is 8.61. The van der Waals surface area contributed by atoms with Crippen LogP contribution in [0.5, 0.6) is 11.5 Å². The minimum Gasteiger partial charge on any atom is -0.455 e. The van der Waals surface area contributed by atoms with Crippen molar-refractivity contribution in [2.45, 2.75) is 19.4 Å². The molecule has 0 saturated carbocycles. The van der Waals surface area contributed by atoms with Crippen LogP contribution in [0.3, 0.4) is 0 Å². The summed E-state index contributed by atoms with van der Waals surface area (Å²) >= 11 is 12.3. The van der Waals surface area contributed by atoms with Crippen LogP contribution in [-0.4, -0.2) is 34.0 Å². The molecule has 1 aromatic heterocycles. The molecular formula is C27H24Cl2N4O3. The lowest BCUT2D eigenvalue weighted by Crippen LogP contribution is -2.40. The van der Waals surface area contributed by atoms with Crippen LogP contribution in [-0.2, 0) is 11.3 Å². The molecule has 9 heteroatoms. The minimum atomic E-state index is -0.170. The number of nitrogens with zero attached hydrogens (tertiary/aromatic N) is 3. The normalized spacial score (nSPS) is 16.0. The van der Waals surface area contributed by atoms with Crippen molar-refractivity contribution in [2.24, 2.45) is 5.92 Å². The molecule has 36 heavy (non-hydrogen) atoms. The summed E-state index contributed by atoms with van der Waals surface area (Å²) in [6, 6.07) is 22.1. The Balaban J connectivity index is 1.22. The fourth-order valence-corrected chi connectivity index (χ4v) is 4.71. The average molecular weight is 523 g/mol. The molecule has 7 nitrogen and oxygen atoms in total. The van der Waals surface area contributed by atoms with Gasteiger partial charge in [-0.15, -0.1) is 0 Å². The maximum absolute atomic E-state index is 13.2. The van der Waals surface area contributed by atoms with E-state index < -0.39 is 0 Å². The van der Waals surface area contributed by atoms with Gasteiger partial charge >= 0.3 is 0 Å². The number of benzene rings is 3. The minimum absolute atomic E-state index is 0.0389. The number of aromatic nitrogens is 2. The summed E-state index contributed by atoms with van der Waals surface area (Å²) in [5.74, 6) is 1.98. The molecule has 0 spiro atoms. The average Bonchev–Trinajstić information content (AvgIpc) is 3.34. The topological polar surface area (TPSA) is 80.5 Å². The van der Waals surface area contributed by atoms with Crippen molar-refractivity contribution in [3.8, 4) is 22.9 Å². The summed E-state index contributed by atoms with van der Waals surface area (Å²) in [5, 5.41) is 8.12. The third-order valence-corrected chi connectivity index (χ3v) is 6.54. The van der Waals surface area contributed by atoms with Crippen LogP contribution in [0.1, 0.15) is 18.7 Å². The van der Waals surface area contributed by atoms with Crippen molar-refractivity contribution in [3.05, 3.63) is 88.7 Å². The van der Waals surface area contributed by atoms with Crippen molar-refractivity contribution < 1.29 is 14.1 Å². The van der Waals surface area contributed by atoms with Crippen LogP contribution in [0, 0.1) is 5.92 Å². The third-order valence-electron chi connectivity index (χ3n) is 5.99. The second-order valence-corrected chi connectivity index (χ2v) is 9.45. The van der Waals surface area contributed by atoms with Crippen molar-refractivity contribution in [3.63, 3.8) is 0 Å². The zero-order chi connectivity index (χ0) is 24.9. The van der Waals surface area contributed by atoms with Crippen LogP contribution in [0.15, 0.2) is 77.3 Å². The summed E-state index contributed by atoms with van der Waals surface area (Å²) in [4.78, 5) is 19.8. The lowest BCUT2D eigenvalue weighted by Gasteiger charge is -2.31. The predicted molar refractivity (Wildman–Crippen MR) is 139 cm³/mol. The van der Waals surface area contributed by atoms with Gasteiger partial charge in [0.15, 0.2) is 5.75 Å². The van der Waals surface area contributed by atoms with E-state index in [4.69, 9.17) is 32.5 Å². The Labute approximate surface area is 219 Å². The second kappa shape index (κ2) is 11.1. The van der Waals surface area contributed by atoms with Crippen molar-refractivity contribution in [1.29, 1.82) is 0 Å². The van der Waals surface area contributed by atoms with E-state index in [-0.39, 0.29) is 11.8 Å². The van der Waals surface area contributed by atoms with Crippen LogP contribution in [0.4, 0.5) is 5.69 Å². The first-order chi connectivity index (χ1) is 17.5. The highest BCUT2D eigenvalue weighted by Crippen LogP contribution is 2.31. The number of carbonyl (C=O) groups excluding carboxylic acids is 1. The molecule has 1 aliphatic rings. The number of anilines is 1. The summed E-state index contributed by atoms with van der Waals surface area (Å²) in [6.07, 6.45) is 1.70. The highest BCUT2D eigenvalue weighted by atomic mass is 35.5. The molecule has 3 aromatic carbocycles. The zero-order valence-electron chi connectivity index (χ0n) is 19.4. The number of amides is 1. The molecule has 4 aromatic rings. The number of piperidine rings is 1.